The Balaban J connectivity index is 1.03. The molecule has 0 aliphatic carbocycles. The lowest BCUT2D eigenvalue weighted by Gasteiger charge is -2.36. The number of carbonyl (C=O) groups excluding carboxylic acids is 1. The topological polar surface area (TPSA) is 140 Å². The second kappa shape index (κ2) is 19.2. The largest absolute Gasteiger partial charge is 0.431 e. The lowest BCUT2D eigenvalue weighted by Crippen LogP contribution is -2.45. The summed E-state index contributed by atoms with van der Waals surface area (Å²) >= 11 is 1.47. The van der Waals surface area contributed by atoms with Gasteiger partial charge in [-0.05, 0) is 54.3 Å². The first kappa shape index (κ1) is 41.9. The number of hydrogen-bond acceptors (Lipinski definition) is 9. The van der Waals surface area contributed by atoms with E-state index < -0.39 is 28.3 Å². The Bertz CT molecular complexity index is 2590. The van der Waals surface area contributed by atoms with Crippen LogP contribution in [0.5, 0.6) is 0 Å². The van der Waals surface area contributed by atoms with Crippen LogP contribution >= 0.6 is 11.8 Å². The second-order valence-electron chi connectivity index (χ2n) is 14.8. The van der Waals surface area contributed by atoms with Gasteiger partial charge in [0.15, 0.2) is 12.1 Å². The van der Waals surface area contributed by atoms with Crippen molar-refractivity contribution in [2.24, 2.45) is 0 Å². The summed E-state index contributed by atoms with van der Waals surface area (Å²) in [6.45, 7) is 1.81. The Hall–Kier alpha value is -5.86. The molecule has 1 saturated heterocycles. The van der Waals surface area contributed by atoms with E-state index in [2.05, 4.69) is 10.0 Å². The molecule has 0 saturated carbocycles. The summed E-state index contributed by atoms with van der Waals surface area (Å²) in [7, 11) is -4.04. The molecular formula is C49H45N3O7S2. The van der Waals surface area contributed by atoms with Crippen LogP contribution in [-0.4, -0.2) is 42.3 Å². The highest BCUT2D eigenvalue weighted by Crippen LogP contribution is 2.41. The lowest BCUT2D eigenvalue weighted by molar-refractivity contribution is -0.245. The highest BCUT2D eigenvalue weighted by molar-refractivity contribution is 7.99. The van der Waals surface area contributed by atoms with Gasteiger partial charge in [0.25, 0.3) is 5.22 Å². The third kappa shape index (κ3) is 10.5. The quantitative estimate of drug-likeness (QED) is 0.0861. The van der Waals surface area contributed by atoms with Crippen molar-refractivity contribution in [1.29, 1.82) is 0 Å². The fourth-order valence-corrected chi connectivity index (χ4v) is 9.17. The molecule has 6 aromatic carbocycles. The van der Waals surface area contributed by atoms with Crippen LogP contribution in [0.15, 0.2) is 178 Å². The number of carbonyl (C=O) groups is 1. The molecule has 7 aromatic rings. The monoisotopic (exact) mass is 851 g/mol. The van der Waals surface area contributed by atoms with Gasteiger partial charge in [-0.15, -0.1) is 0 Å². The van der Waals surface area contributed by atoms with E-state index in [0.717, 1.165) is 39.1 Å². The van der Waals surface area contributed by atoms with Crippen molar-refractivity contribution >= 4 is 33.4 Å². The smallest absolute Gasteiger partial charge is 0.256 e. The van der Waals surface area contributed by atoms with Crippen LogP contribution in [0.3, 0.4) is 0 Å². The van der Waals surface area contributed by atoms with E-state index in [-0.39, 0.29) is 30.1 Å². The minimum atomic E-state index is -4.04. The van der Waals surface area contributed by atoms with Crippen LogP contribution in [0.25, 0.3) is 22.6 Å². The first-order chi connectivity index (χ1) is 29.7. The Morgan fingerprint density at radius 3 is 2.13 bits per heavy atom. The number of aromatic nitrogens is 1. The third-order valence-corrected chi connectivity index (χ3v) is 12.8. The summed E-state index contributed by atoms with van der Waals surface area (Å²) in [6.07, 6.45) is -0.803. The number of aliphatic hydroxyl groups excluding tert-OH is 1. The number of aliphatic hydroxyl groups is 1. The Morgan fingerprint density at radius 1 is 0.770 bits per heavy atom. The van der Waals surface area contributed by atoms with Gasteiger partial charge in [-0.25, -0.2) is 13.4 Å². The van der Waals surface area contributed by atoms with Crippen LogP contribution < -0.4 is 10.0 Å². The van der Waals surface area contributed by atoms with E-state index in [1.807, 2.05) is 128 Å². The van der Waals surface area contributed by atoms with Crippen LogP contribution in [0, 0.1) is 6.92 Å². The molecule has 1 aliphatic rings. The number of anilines is 1. The van der Waals surface area contributed by atoms with E-state index >= 15 is 0 Å². The second-order valence-corrected chi connectivity index (χ2v) is 17.5. The molecule has 12 heteroatoms. The summed E-state index contributed by atoms with van der Waals surface area (Å²) in [5, 5.41) is 13.2. The molecule has 0 spiro atoms. The van der Waals surface area contributed by atoms with Gasteiger partial charge in [-0.3, -0.25) is 4.79 Å². The molecule has 10 nitrogen and oxygen atoms in total. The fourth-order valence-electron chi connectivity index (χ4n) is 7.13. The minimum absolute atomic E-state index is 0.0684. The molecule has 3 N–H and O–H groups in total. The molecule has 1 aromatic heterocycles. The van der Waals surface area contributed by atoms with Gasteiger partial charge in [0.05, 0.1) is 23.7 Å². The SMILES string of the molecule is Cc1ccc(S(=O)(=O)N[C@H](Cc2ccccc2)C(=O)Nc2cccc(C3O[C@H](CSc4nc(-c5ccccc5)c(-c5ccccc5)o4)C[C@H](c4ccc(CO)cc4)O3)c2)cc1. The summed E-state index contributed by atoms with van der Waals surface area (Å²) < 4.78 is 49.4. The van der Waals surface area contributed by atoms with Crippen molar-refractivity contribution in [3.8, 4) is 22.6 Å². The number of sulfonamides is 1. The molecule has 1 aliphatic heterocycles. The minimum Gasteiger partial charge on any atom is -0.431 e. The predicted molar refractivity (Wildman–Crippen MR) is 237 cm³/mol. The molecule has 310 valence electrons. The molecular weight excluding hydrogens is 807 g/mol. The summed E-state index contributed by atoms with van der Waals surface area (Å²) in [4.78, 5) is 19.0. The summed E-state index contributed by atoms with van der Waals surface area (Å²) in [6, 6.07) is 49.4. The molecule has 8 rings (SSSR count). The fraction of sp³-hybridized carbons (Fsp3) is 0.184. The number of benzene rings is 6. The van der Waals surface area contributed by atoms with Gasteiger partial charge < -0.3 is 24.3 Å². The van der Waals surface area contributed by atoms with E-state index in [4.69, 9.17) is 18.9 Å². The van der Waals surface area contributed by atoms with Crippen molar-refractivity contribution in [2.75, 3.05) is 11.1 Å². The molecule has 4 atom stereocenters. The maximum atomic E-state index is 14.0. The molecule has 1 amide bonds. The average Bonchev–Trinajstić information content (AvgIpc) is 3.74. The van der Waals surface area contributed by atoms with Crippen molar-refractivity contribution in [2.45, 2.75) is 61.0 Å². The van der Waals surface area contributed by atoms with Crippen LogP contribution in [0.2, 0.25) is 0 Å². The van der Waals surface area contributed by atoms with Crippen LogP contribution in [0.4, 0.5) is 5.69 Å². The van der Waals surface area contributed by atoms with Gasteiger partial charge in [-0.2, -0.15) is 4.72 Å². The zero-order chi connectivity index (χ0) is 42.2. The molecule has 0 bridgehead atoms. The van der Waals surface area contributed by atoms with E-state index in [1.165, 1.54) is 23.9 Å². The van der Waals surface area contributed by atoms with Gasteiger partial charge in [-0.1, -0.05) is 157 Å². The number of nitrogens with one attached hydrogen (secondary N) is 2. The maximum Gasteiger partial charge on any atom is 0.256 e. The number of nitrogens with zero attached hydrogens (tertiary/aromatic N) is 1. The summed E-state index contributed by atoms with van der Waals surface area (Å²) in [5.74, 6) is 0.677. The Kier molecular flexibility index (Phi) is 13.2. The van der Waals surface area contributed by atoms with E-state index in [0.29, 0.717) is 34.4 Å². The van der Waals surface area contributed by atoms with Crippen molar-refractivity contribution in [1.82, 2.24) is 9.71 Å². The number of thioether (sulfide) groups is 1. The average molecular weight is 852 g/mol. The molecule has 1 fully saturated rings. The standard InChI is InChI=1S/C49H45N3O7S2/c1-33-20-26-42(27-21-33)61(55,56)52-43(28-34-12-5-2-6-13-34)47(54)50-40-19-11-18-39(29-40)48-57-41(30-44(58-48)36-24-22-35(31-53)23-25-36)32-60-49-51-45(37-14-7-3-8-15-37)46(59-49)38-16-9-4-10-17-38/h2-27,29,41,43-44,48,52-53H,28,30-32H2,1H3,(H,50,54)/t41-,43+,44+,48?/m0/s1. The molecule has 0 radical (unpaired) electrons. The van der Waals surface area contributed by atoms with Gasteiger partial charge in [0.1, 0.15) is 11.7 Å². The predicted octanol–water partition coefficient (Wildman–Crippen LogP) is 9.68. The Morgan fingerprint density at radius 2 is 1.44 bits per heavy atom. The maximum absolute atomic E-state index is 14.0. The van der Waals surface area contributed by atoms with E-state index in [1.54, 1.807) is 30.3 Å². The van der Waals surface area contributed by atoms with E-state index in [9.17, 15) is 18.3 Å². The van der Waals surface area contributed by atoms with Gasteiger partial charge in [0, 0.05) is 34.6 Å². The van der Waals surface area contributed by atoms with Crippen LogP contribution in [0.1, 0.15) is 46.6 Å². The first-order valence-electron chi connectivity index (χ1n) is 20.0. The molecule has 61 heavy (non-hydrogen) atoms. The number of oxazole rings is 1. The zero-order valence-electron chi connectivity index (χ0n) is 33.4. The number of hydrogen-bond donors (Lipinski definition) is 3. The lowest BCUT2D eigenvalue weighted by atomic mass is 10.0. The number of rotatable bonds is 15. The van der Waals surface area contributed by atoms with Gasteiger partial charge in [0.2, 0.25) is 15.9 Å². The zero-order valence-corrected chi connectivity index (χ0v) is 35.0. The normalized spacial score (nSPS) is 17.1. The number of amides is 1. The first-order valence-corrected chi connectivity index (χ1v) is 22.5. The highest BCUT2D eigenvalue weighted by Gasteiger charge is 2.33. The molecule has 1 unspecified atom stereocenters. The molecule has 2 heterocycles. The number of ether oxygens (including phenoxy) is 2. The highest BCUT2D eigenvalue weighted by atomic mass is 32.2. The summed E-state index contributed by atoms with van der Waals surface area (Å²) in [5.41, 5.74) is 7.20. The van der Waals surface area contributed by atoms with Crippen molar-refractivity contribution in [3.05, 3.63) is 192 Å². The van der Waals surface area contributed by atoms with Gasteiger partial charge >= 0.3 is 0 Å². The third-order valence-electron chi connectivity index (χ3n) is 10.4. The van der Waals surface area contributed by atoms with Crippen molar-refractivity contribution in [3.63, 3.8) is 0 Å². The Labute approximate surface area is 360 Å². The van der Waals surface area contributed by atoms with Crippen LogP contribution in [-0.2, 0) is 37.3 Å². The number of aryl methyl sites for hydroxylation is 1. The van der Waals surface area contributed by atoms with Crippen molar-refractivity contribution < 1.29 is 32.2 Å².